The van der Waals surface area contributed by atoms with Crippen LogP contribution in [0, 0.1) is 0 Å². The van der Waals surface area contributed by atoms with Crippen LogP contribution in [0.1, 0.15) is 12.0 Å². The Balaban J connectivity index is 2.11. The number of nitrogens with zero attached hydrogens (tertiary/aromatic N) is 1. The molecule has 2 rings (SSSR count). The van der Waals surface area contributed by atoms with Crippen LogP contribution < -0.4 is 4.74 Å². The first-order chi connectivity index (χ1) is 10.6. The first-order valence-corrected chi connectivity index (χ1v) is 8.25. The van der Waals surface area contributed by atoms with Gasteiger partial charge in [0.2, 0.25) is 0 Å². The lowest BCUT2D eigenvalue weighted by Crippen LogP contribution is -2.37. The van der Waals surface area contributed by atoms with Crippen LogP contribution in [0.25, 0.3) is 0 Å². The smallest absolute Gasteiger partial charge is 0.410 e. The van der Waals surface area contributed by atoms with Gasteiger partial charge in [0.25, 0.3) is 0 Å². The Morgan fingerprint density at radius 2 is 2.00 bits per heavy atom. The molecule has 0 spiro atoms. The highest BCUT2D eigenvalue weighted by Gasteiger charge is 2.52. The molecule has 1 aromatic carbocycles. The molecule has 1 atom stereocenters. The van der Waals surface area contributed by atoms with Crippen LogP contribution in [-0.2, 0) is 15.8 Å². The molecule has 2 N–H and O–H groups in total. The summed E-state index contributed by atoms with van der Waals surface area (Å²) in [5.41, 5.74) is -3.57. The van der Waals surface area contributed by atoms with E-state index in [1.165, 1.54) is 7.11 Å². The maximum atomic E-state index is 13.5. The summed E-state index contributed by atoms with van der Waals surface area (Å²) >= 11 is 0. The highest BCUT2D eigenvalue weighted by Crippen LogP contribution is 2.55. The second-order valence-electron chi connectivity index (χ2n) is 5.12. The third-order valence-corrected chi connectivity index (χ3v) is 4.53. The molecule has 1 aliphatic heterocycles. The van der Waals surface area contributed by atoms with E-state index < -0.39 is 31.8 Å². The van der Waals surface area contributed by atoms with Gasteiger partial charge in [-0.05, 0) is 17.7 Å². The van der Waals surface area contributed by atoms with E-state index in [9.17, 15) is 18.1 Å². The van der Waals surface area contributed by atoms with Gasteiger partial charge in [-0.1, -0.05) is 12.1 Å². The van der Waals surface area contributed by atoms with E-state index in [1.807, 2.05) is 0 Å². The molecule has 1 saturated heterocycles. The van der Waals surface area contributed by atoms with Gasteiger partial charge in [0.1, 0.15) is 12.4 Å². The van der Waals surface area contributed by atoms with E-state index >= 15 is 0 Å². The number of hydrogen-bond acceptors (Lipinski definition) is 4. The summed E-state index contributed by atoms with van der Waals surface area (Å²) in [4.78, 5) is 30.1. The number of benzene rings is 1. The molecule has 0 aliphatic carbocycles. The minimum atomic E-state index is -5.60. The van der Waals surface area contributed by atoms with Crippen molar-refractivity contribution < 1.29 is 37.4 Å². The van der Waals surface area contributed by atoms with Gasteiger partial charge in [-0.2, -0.15) is 8.78 Å². The van der Waals surface area contributed by atoms with Gasteiger partial charge in [0.05, 0.1) is 13.2 Å². The average molecular weight is 351 g/mol. The summed E-state index contributed by atoms with van der Waals surface area (Å²) in [6, 6.07) is 5.49. The average Bonchev–Trinajstić information content (AvgIpc) is 2.79. The normalized spacial score (nSPS) is 18.9. The number of hydrogen-bond donors (Lipinski definition) is 2. The largest absolute Gasteiger partial charge is 0.497 e. The topological polar surface area (TPSA) is 96.3 Å². The number of rotatable bonds is 6. The van der Waals surface area contributed by atoms with Crippen molar-refractivity contribution in [1.82, 2.24) is 4.90 Å². The summed E-state index contributed by atoms with van der Waals surface area (Å²) < 4.78 is 47.7. The van der Waals surface area contributed by atoms with Gasteiger partial charge >= 0.3 is 19.4 Å². The Morgan fingerprint density at radius 1 is 1.39 bits per heavy atom. The van der Waals surface area contributed by atoms with Crippen LogP contribution in [0.4, 0.5) is 13.6 Å². The van der Waals surface area contributed by atoms with E-state index in [-0.39, 0.29) is 13.2 Å². The fraction of sp³-hybridized carbons (Fsp3) is 0.462. The van der Waals surface area contributed by atoms with Gasteiger partial charge in [0, 0.05) is 13.0 Å². The zero-order valence-electron chi connectivity index (χ0n) is 12.2. The second kappa shape index (κ2) is 6.43. The van der Waals surface area contributed by atoms with E-state index in [1.54, 1.807) is 24.3 Å². The molecule has 7 nitrogen and oxygen atoms in total. The van der Waals surface area contributed by atoms with Crippen LogP contribution in [0.5, 0.6) is 5.75 Å². The van der Waals surface area contributed by atoms with E-state index in [0.717, 1.165) is 4.90 Å². The van der Waals surface area contributed by atoms with Crippen LogP contribution in [0.3, 0.4) is 0 Å². The molecule has 0 saturated carbocycles. The summed E-state index contributed by atoms with van der Waals surface area (Å²) in [7, 11) is -4.11. The molecule has 0 bridgehead atoms. The molecule has 10 heteroatoms. The molecule has 0 aromatic heterocycles. The van der Waals surface area contributed by atoms with Crippen LogP contribution in [-0.4, -0.2) is 46.2 Å². The monoisotopic (exact) mass is 351 g/mol. The van der Waals surface area contributed by atoms with Crippen molar-refractivity contribution in [2.45, 2.75) is 24.7 Å². The van der Waals surface area contributed by atoms with Crippen molar-refractivity contribution in [3.8, 4) is 5.75 Å². The lowest BCUT2D eigenvalue weighted by Gasteiger charge is -2.26. The van der Waals surface area contributed by atoms with Crippen LogP contribution in [0.15, 0.2) is 24.3 Å². The molecule has 1 aromatic rings. The van der Waals surface area contributed by atoms with Gasteiger partial charge < -0.3 is 19.3 Å². The van der Waals surface area contributed by atoms with Crippen LogP contribution >= 0.6 is 7.60 Å². The van der Waals surface area contributed by atoms with Crippen molar-refractivity contribution in [3.63, 3.8) is 0 Å². The van der Waals surface area contributed by atoms with Gasteiger partial charge in [-0.15, -0.1) is 0 Å². The predicted octanol–water partition coefficient (Wildman–Crippen LogP) is 2.18. The summed E-state index contributed by atoms with van der Waals surface area (Å²) in [5.74, 6) is 0.599. The Kier molecular flexibility index (Phi) is 4.93. The lowest BCUT2D eigenvalue weighted by atomic mass is 10.1. The molecule has 128 valence electrons. The quantitative estimate of drug-likeness (QED) is 0.763. The first-order valence-electron chi connectivity index (χ1n) is 6.64. The molecular formula is C13H16F2NO6P. The SMILES string of the molecule is COc1ccc(CN2C(=O)OC[C@@H]2CC(F)(F)P(=O)(O)O)cc1. The summed E-state index contributed by atoms with van der Waals surface area (Å²) in [5, 5.41) is 0. The van der Waals surface area contributed by atoms with Crippen molar-refractivity contribution in [2.24, 2.45) is 0 Å². The van der Waals surface area contributed by atoms with E-state index in [0.29, 0.717) is 11.3 Å². The predicted molar refractivity (Wildman–Crippen MR) is 75.3 cm³/mol. The molecule has 1 heterocycles. The number of ether oxygens (including phenoxy) is 2. The van der Waals surface area contributed by atoms with Gasteiger partial charge in [-0.3, -0.25) is 9.46 Å². The number of carbonyl (C=O) groups is 1. The molecule has 0 radical (unpaired) electrons. The molecule has 1 aliphatic rings. The fourth-order valence-electron chi connectivity index (χ4n) is 2.18. The minimum absolute atomic E-state index is 0.00919. The number of methoxy groups -OCH3 is 1. The minimum Gasteiger partial charge on any atom is -0.497 e. The Labute approximate surface area is 131 Å². The van der Waals surface area contributed by atoms with Crippen LogP contribution in [0.2, 0.25) is 0 Å². The van der Waals surface area contributed by atoms with Crippen molar-refractivity contribution in [1.29, 1.82) is 0 Å². The number of alkyl halides is 2. The molecular weight excluding hydrogens is 335 g/mol. The zero-order valence-corrected chi connectivity index (χ0v) is 13.1. The molecule has 0 unspecified atom stereocenters. The first kappa shape index (κ1) is 17.7. The summed E-state index contributed by atoms with van der Waals surface area (Å²) in [6.07, 6.45) is -1.97. The number of cyclic esters (lactones) is 1. The van der Waals surface area contributed by atoms with Gasteiger partial charge in [0.15, 0.2) is 0 Å². The molecule has 23 heavy (non-hydrogen) atoms. The van der Waals surface area contributed by atoms with Crippen molar-refractivity contribution in [2.75, 3.05) is 13.7 Å². The highest BCUT2D eigenvalue weighted by molar-refractivity contribution is 7.53. The lowest BCUT2D eigenvalue weighted by molar-refractivity contribution is 0.0291. The Bertz CT molecular complexity index is 617. The van der Waals surface area contributed by atoms with E-state index in [2.05, 4.69) is 0 Å². The Morgan fingerprint density at radius 3 is 2.52 bits per heavy atom. The maximum absolute atomic E-state index is 13.5. The molecule has 1 fully saturated rings. The number of amides is 1. The van der Waals surface area contributed by atoms with E-state index in [4.69, 9.17) is 19.3 Å². The standard InChI is InChI=1S/C13H16F2NO6P/c1-21-11-4-2-9(3-5-11)7-16-10(8-22-12(16)17)6-13(14,15)23(18,19)20/h2-5,10H,6-8H2,1H3,(H2,18,19,20)/t10-/m0/s1. The fourth-order valence-corrected chi connectivity index (χ4v) is 2.63. The van der Waals surface area contributed by atoms with Crippen molar-refractivity contribution >= 4 is 13.7 Å². The number of carbonyl (C=O) groups excluding carboxylic acids is 1. The summed E-state index contributed by atoms with van der Waals surface area (Å²) in [6.45, 7) is -0.352. The Hall–Kier alpha value is -1.70. The third-order valence-electron chi connectivity index (χ3n) is 3.49. The zero-order chi connectivity index (χ0) is 17.3. The van der Waals surface area contributed by atoms with Crippen molar-refractivity contribution in [3.05, 3.63) is 29.8 Å². The molecule has 1 amide bonds. The third kappa shape index (κ3) is 3.99. The number of halogens is 2. The second-order valence-corrected chi connectivity index (χ2v) is 6.86. The van der Waals surface area contributed by atoms with Gasteiger partial charge in [-0.25, -0.2) is 4.79 Å². The maximum Gasteiger partial charge on any atom is 0.410 e. The highest BCUT2D eigenvalue weighted by atomic mass is 31.2.